The standard InChI is InChI=1S/C23H24FN5O3/c1-28(18-6-7-18)23(32)21-16(14-30)5-3-9-29(21)13-20(31)27-22-19(24)10-17(12-26-22)15-4-2-8-25-11-15/h2,4,8,10-12,14,18H,3,5-7,9,13H2,1H3,(H,26,27,31). The van der Waals surface area contributed by atoms with Crippen LogP contribution in [0.2, 0.25) is 0 Å². The maximum Gasteiger partial charge on any atom is 0.270 e. The Bertz CT molecular complexity index is 1070. The Labute approximate surface area is 185 Å². The molecule has 0 saturated heterocycles. The highest BCUT2D eigenvalue weighted by Crippen LogP contribution is 2.30. The molecule has 0 atom stereocenters. The van der Waals surface area contributed by atoms with Gasteiger partial charge in [0.2, 0.25) is 5.91 Å². The molecule has 0 unspecified atom stereocenters. The number of hydrogen-bond acceptors (Lipinski definition) is 6. The van der Waals surface area contributed by atoms with E-state index in [0.717, 1.165) is 12.8 Å². The van der Waals surface area contributed by atoms with Crippen LogP contribution in [-0.2, 0) is 14.4 Å². The molecule has 3 heterocycles. The molecule has 0 radical (unpaired) electrons. The van der Waals surface area contributed by atoms with Crippen LogP contribution in [0, 0.1) is 5.82 Å². The van der Waals surface area contributed by atoms with Gasteiger partial charge in [-0.15, -0.1) is 0 Å². The molecule has 4 rings (SSSR count). The number of nitrogens with zero attached hydrogens (tertiary/aromatic N) is 4. The first-order valence-corrected chi connectivity index (χ1v) is 10.5. The summed E-state index contributed by atoms with van der Waals surface area (Å²) in [6.07, 6.45) is 8.38. The van der Waals surface area contributed by atoms with Crippen molar-refractivity contribution < 1.29 is 18.8 Å². The zero-order chi connectivity index (χ0) is 22.7. The van der Waals surface area contributed by atoms with Crippen LogP contribution in [0.15, 0.2) is 48.1 Å². The summed E-state index contributed by atoms with van der Waals surface area (Å²) >= 11 is 0. The van der Waals surface area contributed by atoms with E-state index in [0.29, 0.717) is 42.4 Å². The Balaban J connectivity index is 1.48. The Morgan fingerprint density at radius 2 is 2.12 bits per heavy atom. The average molecular weight is 437 g/mol. The van der Waals surface area contributed by atoms with Gasteiger partial charge in [-0.05, 0) is 37.8 Å². The van der Waals surface area contributed by atoms with E-state index < -0.39 is 11.7 Å². The first kappa shape index (κ1) is 21.6. The summed E-state index contributed by atoms with van der Waals surface area (Å²) in [4.78, 5) is 48.5. The van der Waals surface area contributed by atoms with Gasteiger partial charge in [-0.3, -0.25) is 19.4 Å². The van der Waals surface area contributed by atoms with E-state index in [2.05, 4.69) is 15.3 Å². The molecule has 1 saturated carbocycles. The molecule has 2 aromatic heterocycles. The molecule has 0 aromatic carbocycles. The number of aldehydes is 1. The Hall–Kier alpha value is -3.62. The number of hydrogen-bond donors (Lipinski definition) is 1. The third-order valence-electron chi connectivity index (χ3n) is 5.68. The molecule has 9 heteroatoms. The number of amides is 2. The lowest BCUT2D eigenvalue weighted by Crippen LogP contribution is -2.43. The van der Waals surface area contributed by atoms with Gasteiger partial charge in [0.25, 0.3) is 5.91 Å². The van der Waals surface area contributed by atoms with Crippen LogP contribution in [0.4, 0.5) is 10.2 Å². The number of allylic oxidation sites excluding steroid dienone is 1. The van der Waals surface area contributed by atoms with E-state index in [-0.39, 0.29) is 30.0 Å². The van der Waals surface area contributed by atoms with Crippen molar-refractivity contribution in [3.8, 4) is 11.1 Å². The van der Waals surface area contributed by atoms with Gasteiger partial charge in [0.05, 0.1) is 6.54 Å². The molecule has 2 aromatic rings. The normalized spacial score (nSPS) is 16.0. The van der Waals surface area contributed by atoms with Crippen LogP contribution in [0.5, 0.6) is 0 Å². The predicted octanol–water partition coefficient (Wildman–Crippen LogP) is 2.39. The van der Waals surface area contributed by atoms with Crippen molar-refractivity contribution in [1.29, 1.82) is 0 Å². The lowest BCUT2D eigenvalue weighted by molar-refractivity contribution is -0.129. The molecular weight excluding hydrogens is 413 g/mol. The molecule has 32 heavy (non-hydrogen) atoms. The summed E-state index contributed by atoms with van der Waals surface area (Å²) in [7, 11) is 1.71. The Kier molecular flexibility index (Phi) is 6.25. The topological polar surface area (TPSA) is 95.5 Å². The van der Waals surface area contributed by atoms with E-state index in [1.807, 2.05) is 0 Å². The van der Waals surface area contributed by atoms with Crippen molar-refractivity contribution in [3.05, 3.63) is 53.9 Å². The number of aromatic nitrogens is 2. The summed E-state index contributed by atoms with van der Waals surface area (Å²) in [6.45, 7) is 0.280. The van der Waals surface area contributed by atoms with Crippen LogP contribution < -0.4 is 5.32 Å². The number of anilines is 1. The molecule has 2 aliphatic rings. The van der Waals surface area contributed by atoms with Gasteiger partial charge in [-0.25, -0.2) is 9.37 Å². The summed E-state index contributed by atoms with van der Waals surface area (Å²) in [6, 6.07) is 4.98. The van der Waals surface area contributed by atoms with Gasteiger partial charge in [-0.2, -0.15) is 0 Å². The third-order valence-corrected chi connectivity index (χ3v) is 5.68. The van der Waals surface area contributed by atoms with Crippen LogP contribution in [0.3, 0.4) is 0 Å². The van der Waals surface area contributed by atoms with Crippen LogP contribution >= 0.6 is 0 Å². The smallest absolute Gasteiger partial charge is 0.270 e. The molecular formula is C23H24FN5O3. The fourth-order valence-corrected chi connectivity index (χ4v) is 3.80. The van der Waals surface area contributed by atoms with E-state index in [1.54, 1.807) is 41.4 Å². The summed E-state index contributed by atoms with van der Waals surface area (Å²) in [5.74, 6) is -1.64. The highest BCUT2D eigenvalue weighted by molar-refractivity contribution is 6.00. The highest BCUT2D eigenvalue weighted by atomic mass is 19.1. The second-order valence-electron chi connectivity index (χ2n) is 8.01. The molecule has 0 spiro atoms. The van der Waals surface area contributed by atoms with Gasteiger partial charge in [0.15, 0.2) is 11.6 Å². The van der Waals surface area contributed by atoms with Gasteiger partial charge in [-0.1, -0.05) is 6.07 Å². The zero-order valence-corrected chi connectivity index (χ0v) is 17.8. The van der Waals surface area contributed by atoms with E-state index in [1.165, 1.54) is 12.3 Å². The molecule has 0 bridgehead atoms. The highest BCUT2D eigenvalue weighted by Gasteiger charge is 2.35. The predicted molar refractivity (Wildman–Crippen MR) is 116 cm³/mol. The monoisotopic (exact) mass is 437 g/mol. The quantitative estimate of drug-likeness (QED) is 0.669. The number of carbonyl (C=O) groups is 3. The third kappa shape index (κ3) is 4.66. The average Bonchev–Trinajstić information content (AvgIpc) is 3.65. The molecule has 1 aliphatic carbocycles. The number of likely N-dealkylation sites (N-methyl/N-ethyl adjacent to an activating group) is 1. The molecule has 2 amide bonds. The summed E-state index contributed by atoms with van der Waals surface area (Å²) in [5, 5.41) is 2.47. The second-order valence-corrected chi connectivity index (χ2v) is 8.01. The SMILES string of the molecule is CN(C(=O)C1=C(C=O)CCCN1CC(=O)Nc1ncc(-c2cccnc2)cc1F)C1CC1. The number of nitrogens with one attached hydrogen (secondary N) is 1. The van der Waals surface area contributed by atoms with Crippen molar-refractivity contribution in [2.45, 2.75) is 31.7 Å². The minimum absolute atomic E-state index is 0.178. The second kappa shape index (κ2) is 9.25. The summed E-state index contributed by atoms with van der Waals surface area (Å²) < 4.78 is 14.6. The van der Waals surface area contributed by atoms with Gasteiger partial charge in [0, 0.05) is 54.9 Å². The molecule has 1 fully saturated rings. The van der Waals surface area contributed by atoms with Crippen molar-refractivity contribution in [3.63, 3.8) is 0 Å². The first-order valence-electron chi connectivity index (χ1n) is 10.5. The van der Waals surface area contributed by atoms with Crippen molar-refractivity contribution in [2.24, 2.45) is 0 Å². The Morgan fingerprint density at radius 1 is 1.31 bits per heavy atom. The number of pyridine rings is 2. The van der Waals surface area contributed by atoms with Crippen LogP contribution in [-0.4, -0.2) is 64.0 Å². The molecule has 8 nitrogen and oxygen atoms in total. The van der Waals surface area contributed by atoms with Crippen molar-refractivity contribution >= 4 is 23.9 Å². The summed E-state index contributed by atoms with van der Waals surface area (Å²) in [5.41, 5.74) is 1.90. The van der Waals surface area contributed by atoms with Gasteiger partial charge < -0.3 is 15.1 Å². The molecule has 1 N–H and O–H groups in total. The van der Waals surface area contributed by atoms with Crippen LogP contribution in [0.25, 0.3) is 11.1 Å². The van der Waals surface area contributed by atoms with Gasteiger partial charge >= 0.3 is 0 Å². The van der Waals surface area contributed by atoms with Gasteiger partial charge in [0.1, 0.15) is 12.0 Å². The van der Waals surface area contributed by atoms with Crippen molar-refractivity contribution in [1.82, 2.24) is 19.8 Å². The molecule has 1 aliphatic heterocycles. The minimum Gasteiger partial charge on any atom is -0.357 e. The largest absolute Gasteiger partial charge is 0.357 e. The lowest BCUT2D eigenvalue weighted by Gasteiger charge is -2.33. The number of carbonyl (C=O) groups excluding carboxylic acids is 3. The lowest BCUT2D eigenvalue weighted by atomic mass is 10.0. The van der Waals surface area contributed by atoms with Crippen LogP contribution in [0.1, 0.15) is 25.7 Å². The maximum atomic E-state index is 14.6. The maximum absolute atomic E-state index is 14.6. The molecule has 166 valence electrons. The van der Waals surface area contributed by atoms with E-state index in [4.69, 9.17) is 0 Å². The van der Waals surface area contributed by atoms with E-state index >= 15 is 0 Å². The fourth-order valence-electron chi connectivity index (χ4n) is 3.80. The van der Waals surface area contributed by atoms with E-state index in [9.17, 15) is 18.8 Å². The number of rotatable bonds is 7. The minimum atomic E-state index is -0.674. The Morgan fingerprint density at radius 3 is 2.78 bits per heavy atom. The van der Waals surface area contributed by atoms with Crippen molar-refractivity contribution in [2.75, 3.05) is 25.5 Å². The zero-order valence-electron chi connectivity index (χ0n) is 17.8. The first-order chi connectivity index (χ1) is 15.5. The number of halogens is 1. The fraction of sp³-hybridized carbons (Fsp3) is 0.348.